The zero-order chi connectivity index (χ0) is 19.3. The van der Waals surface area contributed by atoms with Crippen molar-refractivity contribution in [1.82, 2.24) is 10.3 Å². The first-order chi connectivity index (χ1) is 12.2. The SMILES string of the molecule is CCC[C@@H](CC(N)=O)NC(=O)c1nc(OCC2CC2)ccc1C(F)(F)F. The molecule has 0 spiro atoms. The third-order valence-corrected chi connectivity index (χ3v) is 3.97. The first-order valence-electron chi connectivity index (χ1n) is 8.51. The van der Waals surface area contributed by atoms with Crippen LogP contribution >= 0.6 is 0 Å². The van der Waals surface area contributed by atoms with Crippen LogP contribution in [-0.2, 0) is 11.0 Å². The van der Waals surface area contributed by atoms with Crippen LogP contribution in [0.5, 0.6) is 5.88 Å². The topological polar surface area (TPSA) is 94.3 Å². The molecule has 6 nitrogen and oxygen atoms in total. The first kappa shape index (κ1) is 20.0. The van der Waals surface area contributed by atoms with Gasteiger partial charge in [0.1, 0.15) is 5.69 Å². The van der Waals surface area contributed by atoms with Gasteiger partial charge in [-0.2, -0.15) is 13.2 Å². The highest BCUT2D eigenvalue weighted by molar-refractivity contribution is 5.94. The number of hydrogen-bond acceptors (Lipinski definition) is 4. The van der Waals surface area contributed by atoms with Gasteiger partial charge in [-0.25, -0.2) is 4.98 Å². The smallest absolute Gasteiger partial charge is 0.418 e. The summed E-state index contributed by atoms with van der Waals surface area (Å²) in [7, 11) is 0. The molecule has 0 radical (unpaired) electrons. The van der Waals surface area contributed by atoms with Crippen molar-refractivity contribution in [1.29, 1.82) is 0 Å². The number of pyridine rings is 1. The van der Waals surface area contributed by atoms with Crippen molar-refractivity contribution in [2.24, 2.45) is 11.7 Å². The number of ether oxygens (including phenoxy) is 1. The molecule has 1 atom stereocenters. The highest BCUT2D eigenvalue weighted by atomic mass is 19.4. The molecule has 1 aliphatic rings. The number of rotatable bonds is 9. The molecular formula is C17H22F3N3O3. The zero-order valence-electron chi connectivity index (χ0n) is 14.4. The number of carbonyl (C=O) groups is 2. The second kappa shape index (κ2) is 8.37. The minimum absolute atomic E-state index is 0.0306. The first-order valence-corrected chi connectivity index (χ1v) is 8.51. The molecule has 2 amide bonds. The van der Waals surface area contributed by atoms with Crippen molar-refractivity contribution in [3.8, 4) is 5.88 Å². The van der Waals surface area contributed by atoms with E-state index in [1.165, 1.54) is 0 Å². The zero-order valence-corrected chi connectivity index (χ0v) is 14.4. The normalized spacial score (nSPS) is 15.4. The minimum Gasteiger partial charge on any atom is -0.477 e. The maximum Gasteiger partial charge on any atom is 0.418 e. The summed E-state index contributed by atoms with van der Waals surface area (Å²) < 4.78 is 45.0. The molecule has 1 aromatic heterocycles. The molecule has 1 aromatic rings. The van der Waals surface area contributed by atoms with Gasteiger partial charge >= 0.3 is 6.18 Å². The third-order valence-electron chi connectivity index (χ3n) is 3.97. The Balaban J connectivity index is 2.22. The van der Waals surface area contributed by atoms with Crippen molar-refractivity contribution in [2.75, 3.05) is 6.61 Å². The molecule has 0 bridgehead atoms. The van der Waals surface area contributed by atoms with Crippen LogP contribution in [0.3, 0.4) is 0 Å². The second-order valence-electron chi connectivity index (χ2n) is 6.43. The lowest BCUT2D eigenvalue weighted by atomic mass is 10.1. The van der Waals surface area contributed by atoms with Gasteiger partial charge in [-0.05, 0) is 31.2 Å². The molecule has 0 saturated heterocycles. The molecule has 3 N–H and O–H groups in total. The highest BCUT2D eigenvalue weighted by Gasteiger charge is 2.37. The Bertz CT molecular complexity index is 660. The Kier molecular flexibility index (Phi) is 6.44. The predicted molar refractivity (Wildman–Crippen MR) is 87.4 cm³/mol. The molecule has 0 unspecified atom stereocenters. The fourth-order valence-electron chi connectivity index (χ4n) is 2.48. The van der Waals surface area contributed by atoms with Crippen molar-refractivity contribution in [3.05, 3.63) is 23.4 Å². The number of aromatic nitrogens is 1. The quantitative estimate of drug-likeness (QED) is 0.696. The Hall–Kier alpha value is -2.32. The van der Waals surface area contributed by atoms with Crippen LogP contribution in [0.2, 0.25) is 0 Å². The Labute approximate surface area is 149 Å². The highest BCUT2D eigenvalue weighted by Crippen LogP contribution is 2.33. The largest absolute Gasteiger partial charge is 0.477 e. The van der Waals surface area contributed by atoms with Crippen LogP contribution in [0, 0.1) is 5.92 Å². The monoisotopic (exact) mass is 373 g/mol. The Morgan fingerprint density at radius 2 is 2.08 bits per heavy atom. The van der Waals surface area contributed by atoms with Crippen LogP contribution < -0.4 is 15.8 Å². The second-order valence-corrected chi connectivity index (χ2v) is 6.43. The van der Waals surface area contributed by atoms with E-state index in [0.717, 1.165) is 25.0 Å². The van der Waals surface area contributed by atoms with E-state index in [1.807, 2.05) is 6.92 Å². The van der Waals surface area contributed by atoms with Crippen LogP contribution in [0.4, 0.5) is 13.2 Å². The molecule has 0 aromatic carbocycles. The number of nitrogens with two attached hydrogens (primary N) is 1. The van der Waals surface area contributed by atoms with E-state index in [4.69, 9.17) is 10.5 Å². The van der Waals surface area contributed by atoms with Gasteiger partial charge in [0.25, 0.3) is 5.91 Å². The van der Waals surface area contributed by atoms with E-state index < -0.39 is 35.3 Å². The van der Waals surface area contributed by atoms with E-state index >= 15 is 0 Å². The summed E-state index contributed by atoms with van der Waals surface area (Å²) in [5, 5.41) is 2.42. The maximum absolute atomic E-state index is 13.2. The van der Waals surface area contributed by atoms with Crippen molar-refractivity contribution in [2.45, 2.75) is 51.2 Å². The van der Waals surface area contributed by atoms with Gasteiger partial charge in [-0.3, -0.25) is 9.59 Å². The van der Waals surface area contributed by atoms with Gasteiger partial charge in [0, 0.05) is 18.5 Å². The predicted octanol–water partition coefficient (Wildman–Crippen LogP) is 2.66. The van der Waals surface area contributed by atoms with Gasteiger partial charge in [0.2, 0.25) is 11.8 Å². The fraction of sp³-hybridized carbons (Fsp3) is 0.588. The van der Waals surface area contributed by atoms with Gasteiger partial charge in [0.15, 0.2) is 0 Å². The maximum atomic E-state index is 13.2. The molecule has 1 fully saturated rings. The molecule has 1 heterocycles. The number of carbonyl (C=O) groups excluding carboxylic acids is 2. The van der Waals surface area contributed by atoms with Crippen LogP contribution in [0.25, 0.3) is 0 Å². The summed E-state index contributed by atoms with van der Waals surface area (Å²) in [5.74, 6) is -1.29. The molecule has 144 valence electrons. The summed E-state index contributed by atoms with van der Waals surface area (Å²) >= 11 is 0. The number of halogens is 3. The average molecular weight is 373 g/mol. The van der Waals surface area contributed by atoms with Crippen molar-refractivity contribution in [3.63, 3.8) is 0 Å². The molecule has 0 aliphatic heterocycles. The number of nitrogens with zero attached hydrogens (tertiary/aromatic N) is 1. The molecule has 26 heavy (non-hydrogen) atoms. The lowest BCUT2D eigenvalue weighted by molar-refractivity contribution is -0.138. The van der Waals surface area contributed by atoms with Crippen LogP contribution in [-0.4, -0.2) is 29.4 Å². The summed E-state index contributed by atoms with van der Waals surface area (Å²) in [6.07, 6.45) is -1.83. The molecule has 1 saturated carbocycles. The van der Waals surface area contributed by atoms with Gasteiger partial charge in [-0.1, -0.05) is 13.3 Å². The number of amides is 2. The van der Waals surface area contributed by atoms with E-state index in [-0.39, 0.29) is 12.3 Å². The standard InChI is InChI=1S/C17H22F3N3O3/c1-2-3-11(8-13(21)24)22-16(25)15-12(17(18,19)20)6-7-14(23-15)26-9-10-4-5-10/h6-7,10-11H,2-5,8-9H2,1H3,(H2,21,24)(H,22,25)/t11-/m0/s1. The summed E-state index contributed by atoms with van der Waals surface area (Å²) in [6.45, 7) is 2.19. The molecule has 9 heteroatoms. The van der Waals surface area contributed by atoms with Gasteiger partial charge in [0.05, 0.1) is 12.2 Å². The summed E-state index contributed by atoms with van der Waals surface area (Å²) in [4.78, 5) is 27.3. The van der Waals surface area contributed by atoms with E-state index in [1.54, 1.807) is 0 Å². The van der Waals surface area contributed by atoms with Crippen LogP contribution in [0.1, 0.15) is 55.1 Å². The van der Waals surface area contributed by atoms with E-state index in [9.17, 15) is 22.8 Å². The van der Waals surface area contributed by atoms with Gasteiger partial charge < -0.3 is 15.8 Å². The fourth-order valence-corrected chi connectivity index (χ4v) is 2.48. The Morgan fingerprint density at radius 1 is 1.38 bits per heavy atom. The summed E-state index contributed by atoms with van der Waals surface area (Å²) in [6, 6.07) is 1.24. The lowest BCUT2D eigenvalue weighted by Crippen LogP contribution is -2.39. The summed E-state index contributed by atoms with van der Waals surface area (Å²) in [5.41, 5.74) is 3.21. The van der Waals surface area contributed by atoms with Crippen molar-refractivity contribution < 1.29 is 27.5 Å². The molecule has 2 rings (SSSR count). The van der Waals surface area contributed by atoms with Crippen LogP contribution in [0.15, 0.2) is 12.1 Å². The lowest BCUT2D eigenvalue weighted by Gasteiger charge is -2.18. The van der Waals surface area contributed by atoms with E-state index in [2.05, 4.69) is 10.3 Å². The Morgan fingerprint density at radius 3 is 2.62 bits per heavy atom. The molecule has 1 aliphatic carbocycles. The van der Waals surface area contributed by atoms with Gasteiger partial charge in [-0.15, -0.1) is 0 Å². The number of alkyl halides is 3. The van der Waals surface area contributed by atoms with Crippen molar-refractivity contribution >= 4 is 11.8 Å². The minimum atomic E-state index is -4.74. The molecular weight excluding hydrogens is 351 g/mol. The average Bonchev–Trinajstić information content (AvgIpc) is 3.35. The number of hydrogen-bond donors (Lipinski definition) is 2. The van der Waals surface area contributed by atoms with E-state index in [0.29, 0.717) is 25.4 Å². The number of primary amides is 1. The number of nitrogens with one attached hydrogen (secondary N) is 1. The third kappa shape index (κ3) is 5.89.